The zero-order valence-electron chi connectivity index (χ0n) is 15.1. The maximum Gasteiger partial charge on any atom is 0.319 e. The highest BCUT2D eigenvalue weighted by atomic mass is 35.5. The van der Waals surface area contributed by atoms with Gasteiger partial charge in [-0.2, -0.15) is 0 Å². The van der Waals surface area contributed by atoms with Crippen LogP contribution in [0.4, 0.5) is 10.5 Å². The van der Waals surface area contributed by atoms with Crippen molar-refractivity contribution in [3.05, 3.63) is 28.5 Å². The highest BCUT2D eigenvalue weighted by molar-refractivity contribution is 6.35. The molecule has 27 heavy (non-hydrogen) atoms. The molecule has 0 atom stereocenters. The zero-order valence-corrected chi connectivity index (χ0v) is 15.9. The van der Waals surface area contributed by atoms with Crippen LogP contribution < -0.4 is 16.0 Å². The quantitative estimate of drug-likeness (QED) is 0.692. The van der Waals surface area contributed by atoms with Crippen molar-refractivity contribution in [2.24, 2.45) is 0 Å². The SMILES string of the molecule is COCCNC(=O)c1cc2cc(Cl)c3c(c2o1)C1(CCCCC1)NC(=O)N3. The first-order valence-electron chi connectivity index (χ1n) is 9.17. The Balaban J connectivity index is 1.82. The highest BCUT2D eigenvalue weighted by Crippen LogP contribution is 2.48. The van der Waals surface area contributed by atoms with Crippen LogP contribution in [0.1, 0.15) is 48.2 Å². The van der Waals surface area contributed by atoms with Crippen LogP contribution in [0.25, 0.3) is 11.0 Å². The summed E-state index contributed by atoms with van der Waals surface area (Å²) in [4.78, 5) is 24.6. The Bertz CT molecular complexity index is 902. The summed E-state index contributed by atoms with van der Waals surface area (Å²) in [6.45, 7) is 0.819. The van der Waals surface area contributed by atoms with Gasteiger partial charge in [0.25, 0.3) is 5.91 Å². The van der Waals surface area contributed by atoms with E-state index in [0.717, 1.165) is 43.1 Å². The van der Waals surface area contributed by atoms with E-state index < -0.39 is 5.54 Å². The largest absolute Gasteiger partial charge is 0.450 e. The van der Waals surface area contributed by atoms with Crippen molar-refractivity contribution in [1.82, 2.24) is 10.6 Å². The number of urea groups is 1. The Morgan fingerprint density at radius 3 is 2.85 bits per heavy atom. The molecule has 3 N–H and O–H groups in total. The number of hydrogen-bond donors (Lipinski definition) is 3. The van der Waals surface area contributed by atoms with E-state index in [1.807, 2.05) is 0 Å². The Morgan fingerprint density at radius 1 is 1.33 bits per heavy atom. The van der Waals surface area contributed by atoms with Crippen molar-refractivity contribution in [1.29, 1.82) is 0 Å². The molecule has 1 aliphatic carbocycles. The molecule has 1 saturated carbocycles. The van der Waals surface area contributed by atoms with Crippen LogP contribution in [-0.4, -0.2) is 32.2 Å². The Labute approximate surface area is 161 Å². The second-order valence-corrected chi connectivity index (χ2v) is 7.52. The lowest BCUT2D eigenvalue weighted by Gasteiger charge is -2.42. The van der Waals surface area contributed by atoms with Crippen molar-refractivity contribution in [3.63, 3.8) is 0 Å². The van der Waals surface area contributed by atoms with Gasteiger partial charge in [0.05, 0.1) is 22.9 Å². The summed E-state index contributed by atoms with van der Waals surface area (Å²) < 4.78 is 10.9. The molecule has 1 spiro atoms. The summed E-state index contributed by atoms with van der Waals surface area (Å²) in [5.74, 6) is -0.0907. The third kappa shape index (κ3) is 3.15. The van der Waals surface area contributed by atoms with Gasteiger partial charge in [0.2, 0.25) is 0 Å². The van der Waals surface area contributed by atoms with E-state index in [2.05, 4.69) is 16.0 Å². The molecule has 0 unspecified atom stereocenters. The maximum atomic E-state index is 12.4. The number of furan rings is 1. The molecule has 0 bridgehead atoms. The number of ether oxygens (including phenoxy) is 1. The standard InChI is InChI=1S/C19H22ClN3O4/c1-26-8-7-21-17(24)13-10-11-9-12(20)15-14(16(11)27-13)19(23-18(25)22-15)5-3-2-4-6-19/h9-10H,2-8H2,1H3,(H,21,24)(H2,22,23,25). The molecule has 144 valence electrons. The monoisotopic (exact) mass is 391 g/mol. The summed E-state index contributed by atoms with van der Waals surface area (Å²) in [6, 6.07) is 3.17. The number of methoxy groups -OCH3 is 1. The molecule has 2 aromatic rings. The van der Waals surface area contributed by atoms with E-state index in [-0.39, 0.29) is 17.7 Å². The van der Waals surface area contributed by atoms with E-state index in [1.165, 1.54) is 0 Å². The maximum absolute atomic E-state index is 12.4. The summed E-state index contributed by atoms with van der Waals surface area (Å²) in [7, 11) is 1.58. The fraction of sp³-hybridized carbons (Fsp3) is 0.474. The summed E-state index contributed by atoms with van der Waals surface area (Å²) in [6.07, 6.45) is 4.80. The van der Waals surface area contributed by atoms with Crippen LogP contribution in [-0.2, 0) is 10.3 Å². The molecule has 8 heteroatoms. The lowest BCUT2D eigenvalue weighted by molar-refractivity contribution is 0.0911. The van der Waals surface area contributed by atoms with Crippen LogP contribution in [0.15, 0.2) is 16.5 Å². The van der Waals surface area contributed by atoms with Gasteiger partial charge in [-0.1, -0.05) is 30.9 Å². The molecule has 2 aliphatic rings. The third-order valence-electron chi connectivity index (χ3n) is 5.35. The smallest absolute Gasteiger partial charge is 0.319 e. The Morgan fingerprint density at radius 2 is 2.11 bits per heavy atom. The minimum atomic E-state index is -0.513. The predicted molar refractivity (Wildman–Crippen MR) is 102 cm³/mol. The number of carbonyl (C=O) groups excluding carboxylic acids is 2. The van der Waals surface area contributed by atoms with Gasteiger partial charge in [0.15, 0.2) is 5.76 Å². The van der Waals surface area contributed by atoms with Gasteiger partial charge in [0, 0.05) is 24.6 Å². The summed E-state index contributed by atoms with van der Waals surface area (Å²) >= 11 is 6.48. The Hall–Kier alpha value is -2.25. The van der Waals surface area contributed by atoms with E-state index >= 15 is 0 Å². The lowest BCUT2D eigenvalue weighted by Crippen LogP contribution is -2.52. The fourth-order valence-corrected chi connectivity index (χ4v) is 4.41. The highest BCUT2D eigenvalue weighted by Gasteiger charge is 2.43. The van der Waals surface area contributed by atoms with Crippen molar-refractivity contribution in [3.8, 4) is 0 Å². The van der Waals surface area contributed by atoms with Gasteiger partial charge in [-0.3, -0.25) is 4.79 Å². The van der Waals surface area contributed by atoms with Crippen molar-refractivity contribution in [2.75, 3.05) is 25.6 Å². The van der Waals surface area contributed by atoms with Crippen LogP contribution in [0.5, 0.6) is 0 Å². The molecule has 3 amide bonds. The molecule has 0 saturated heterocycles. The normalized spacial score (nSPS) is 18.1. The predicted octanol–water partition coefficient (Wildman–Crippen LogP) is 3.76. The van der Waals surface area contributed by atoms with Crippen molar-refractivity contribution in [2.45, 2.75) is 37.6 Å². The van der Waals surface area contributed by atoms with Crippen LogP contribution in [0.3, 0.4) is 0 Å². The molecule has 1 fully saturated rings. The molecule has 1 aromatic carbocycles. The van der Waals surface area contributed by atoms with Gasteiger partial charge in [-0.15, -0.1) is 0 Å². The molecular formula is C19H22ClN3O4. The number of hydrogen-bond acceptors (Lipinski definition) is 4. The molecule has 1 aliphatic heterocycles. The molecule has 0 radical (unpaired) electrons. The first-order chi connectivity index (χ1) is 13.0. The van der Waals surface area contributed by atoms with Crippen molar-refractivity contribution < 1.29 is 18.7 Å². The average molecular weight is 392 g/mol. The van der Waals surface area contributed by atoms with E-state index in [1.54, 1.807) is 19.2 Å². The average Bonchev–Trinajstić information content (AvgIpc) is 3.06. The number of benzene rings is 1. The van der Waals surface area contributed by atoms with Crippen molar-refractivity contribution >= 4 is 40.2 Å². The van der Waals surface area contributed by atoms with Crippen LogP contribution >= 0.6 is 11.6 Å². The van der Waals surface area contributed by atoms with E-state index in [4.69, 9.17) is 20.8 Å². The minimum absolute atomic E-state index is 0.216. The van der Waals surface area contributed by atoms with Gasteiger partial charge < -0.3 is 25.1 Å². The molecule has 7 nitrogen and oxygen atoms in total. The van der Waals surface area contributed by atoms with E-state index in [9.17, 15) is 9.59 Å². The van der Waals surface area contributed by atoms with Gasteiger partial charge >= 0.3 is 6.03 Å². The fourth-order valence-electron chi connectivity index (χ4n) is 4.15. The number of fused-ring (bicyclic) bond motifs is 4. The number of anilines is 1. The molecule has 2 heterocycles. The molecule has 1 aromatic heterocycles. The molecule has 4 rings (SSSR count). The lowest BCUT2D eigenvalue weighted by atomic mass is 9.74. The number of halogens is 1. The number of amides is 3. The zero-order chi connectivity index (χ0) is 19.0. The van der Waals surface area contributed by atoms with Gasteiger partial charge in [0.1, 0.15) is 5.58 Å². The number of carbonyl (C=O) groups is 2. The number of rotatable bonds is 4. The van der Waals surface area contributed by atoms with Crippen LogP contribution in [0.2, 0.25) is 5.02 Å². The van der Waals surface area contributed by atoms with E-state index in [0.29, 0.717) is 29.4 Å². The minimum Gasteiger partial charge on any atom is -0.450 e. The summed E-state index contributed by atoms with van der Waals surface area (Å²) in [5.41, 5.74) is 1.51. The second-order valence-electron chi connectivity index (χ2n) is 7.11. The summed E-state index contributed by atoms with van der Waals surface area (Å²) in [5, 5.41) is 9.87. The second kappa shape index (κ2) is 7.05. The first-order valence-corrected chi connectivity index (χ1v) is 9.55. The topological polar surface area (TPSA) is 92.6 Å². The molecular weight excluding hydrogens is 370 g/mol. The number of nitrogens with one attached hydrogen (secondary N) is 3. The first kappa shape index (κ1) is 18.1. The van der Waals surface area contributed by atoms with Crippen LogP contribution in [0, 0.1) is 0 Å². The van der Waals surface area contributed by atoms with Gasteiger partial charge in [-0.25, -0.2) is 4.79 Å². The Kier molecular flexibility index (Phi) is 4.74. The van der Waals surface area contributed by atoms with Gasteiger partial charge in [-0.05, 0) is 25.0 Å². The third-order valence-corrected chi connectivity index (χ3v) is 5.65.